The Morgan fingerprint density at radius 3 is 2.92 bits per heavy atom. The number of nitrogens with zero attached hydrogens (tertiary/aromatic N) is 6. The van der Waals surface area contributed by atoms with Crippen LogP contribution in [-0.4, -0.2) is 37.9 Å². The van der Waals surface area contributed by atoms with Gasteiger partial charge in [0.05, 0.1) is 44.6 Å². The Kier molecular flexibility index (Phi) is 6.81. The molecule has 0 spiro atoms. The van der Waals surface area contributed by atoms with Crippen LogP contribution in [0.15, 0.2) is 53.4 Å². The van der Waals surface area contributed by atoms with Crippen LogP contribution in [0.3, 0.4) is 0 Å². The predicted octanol–water partition coefficient (Wildman–Crippen LogP) is 3.87. The zero-order chi connectivity index (χ0) is 25.8. The number of aromatic nitrogens is 5. The third-order valence-corrected chi connectivity index (χ3v) is 6.11. The topological polar surface area (TPSA) is 144 Å². The van der Waals surface area contributed by atoms with Gasteiger partial charge in [-0.1, -0.05) is 11.2 Å². The van der Waals surface area contributed by atoms with Crippen molar-refractivity contribution >= 4 is 17.5 Å². The summed E-state index contributed by atoms with van der Waals surface area (Å²) in [6.07, 6.45) is 7.36. The van der Waals surface area contributed by atoms with Gasteiger partial charge >= 0.3 is 0 Å². The summed E-state index contributed by atoms with van der Waals surface area (Å²) >= 11 is 0. The van der Waals surface area contributed by atoms with Crippen LogP contribution in [0.5, 0.6) is 5.75 Å². The van der Waals surface area contributed by atoms with Crippen LogP contribution < -0.4 is 15.4 Å². The van der Waals surface area contributed by atoms with Crippen molar-refractivity contribution in [3.8, 4) is 23.1 Å². The van der Waals surface area contributed by atoms with Crippen LogP contribution in [-0.2, 0) is 13.1 Å². The van der Waals surface area contributed by atoms with Gasteiger partial charge in [0.1, 0.15) is 17.1 Å². The van der Waals surface area contributed by atoms with Crippen molar-refractivity contribution in [3.05, 3.63) is 65.9 Å². The largest absolute Gasteiger partial charge is 0.493 e. The fourth-order valence-electron chi connectivity index (χ4n) is 4.01. The molecule has 11 heteroatoms. The Morgan fingerprint density at radius 1 is 1.32 bits per heavy atom. The van der Waals surface area contributed by atoms with Crippen LogP contribution in [0.25, 0.3) is 11.3 Å². The van der Waals surface area contributed by atoms with E-state index in [1.165, 1.54) is 0 Å². The number of hydrogen-bond acceptors (Lipinski definition) is 9. The highest BCUT2D eigenvalue weighted by molar-refractivity contribution is 5.95. The Labute approximate surface area is 213 Å². The van der Waals surface area contributed by atoms with Gasteiger partial charge < -0.3 is 19.9 Å². The van der Waals surface area contributed by atoms with E-state index in [2.05, 4.69) is 36.9 Å². The summed E-state index contributed by atoms with van der Waals surface area (Å²) in [6, 6.07) is 11.2. The van der Waals surface area contributed by atoms with Gasteiger partial charge in [0.25, 0.3) is 5.91 Å². The number of ether oxygens (including phenoxy) is 1. The molecule has 4 aromatic rings. The molecule has 1 aromatic carbocycles. The number of nitriles is 1. The van der Waals surface area contributed by atoms with Gasteiger partial charge in [-0.05, 0) is 43.9 Å². The van der Waals surface area contributed by atoms with Gasteiger partial charge in [0.15, 0.2) is 5.75 Å². The molecule has 1 atom stereocenters. The molecule has 0 bridgehead atoms. The van der Waals surface area contributed by atoms with Crippen molar-refractivity contribution in [1.82, 2.24) is 30.2 Å². The standard InChI is InChI=1S/C26H26N8O3/c1-16-8-22(33-37-16)12-28-25(35)18-4-3-5-21(9-18)31-26-29-13-23(36-2)24(32-26)20-11-30-34(15-20)14-19(10-27)17-6-7-17/h3-5,8-9,11,13,15,17,19H,6-7,12,14H2,1-2H3,(H,28,35)(H,29,31,32). The number of methoxy groups -OCH3 is 1. The minimum absolute atomic E-state index is 0.0400. The van der Waals surface area contributed by atoms with Crippen molar-refractivity contribution in [2.24, 2.45) is 11.8 Å². The number of aryl methyl sites for hydroxylation is 1. The third-order valence-electron chi connectivity index (χ3n) is 6.11. The van der Waals surface area contributed by atoms with Crippen molar-refractivity contribution < 1.29 is 14.1 Å². The average molecular weight is 499 g/mol. The maximum Gasteiger partial charge on any atom is 0.251 e. The lowest BCUT2D eigenvalue weighted by atomic mass is 10.1. The zero-order valence-corrected chi connectivity index (χ0v) is 20.5. The minimum atomic E-state index is -0.241. The second-order valence-corrected chi connectivity index (χ2v) is 8.95. The second kappa shape index (κ2) is 10.5. The van der Waals surface area contributed by atoms with Crippen LogP contribution in [0.4, 0.5) is 11.6 Å². The molecular formula is C26H26N8O3. The summed E-state index contributed by atoms with van der Waals surface area (Å²) in [4.78, 5) is 21.6. The summed E-state index contributed by atoms with van der Waals surface area (Å²) in [5, 5.41) is 23.7. The molecule has 5 rings (SSSR count). The van der Waals surface area contributed by atoms with Gasteiger partial charge in [-0.25, -0.2) is 9.97 Å². The Morgan fingerprint density at radius 2 is 2.19 bits per heavy atom. The fourth-order valence-corrected chi connectivity index (χ4v) is 4.01. The SMILES string of the molecule is COc1cnc(Nc2cccc(C(=O)NCc3cc(C)on3)c2)nc1-c1cnn(CC(C#N)C2CC2)c1. The number of carbonyl (C=O) groups excluding carboxylic acids is 1. The lowest BCUT2D eigenvalue weighted by molar-refractivity contribution is 0.0950. The summed E-state index contributed by atoms with van der Waals surface area (Å²) in [5.74, 6) is 1.71. The molecule has 3 aromatic heterocycles. The highest BCUT2D eigenvalue weighted by Crippen LogP contribution is 2.37. The Balaban J connectivity index is 1.30. The monoisotopic (exact) mass is 498 g/mol. The first kappa shape index (κ1) is 24.0. The molecule has 0 saturated heterocycles. The first-order chi connectivity index (χ1) is 18.0. The molecule has 1 unspecified atom stereocenters. The molecule has 2 N–H and O–H groups in total. The van der Waals surface area contributed by atoms with E-state index in [-0.39, 0.29) is 18.4 Å². The number of carbonyl (C=O) groups is 1. The van der Waals surface area contributed by atoms with Crippen molar-refractivity contribution in [2.75, 3.05) is 12.4 Å². The van der Waals surface area contributed by atoms with Crippen molar-refractivity contribution in [1.29, 1.82) is 5.26 Å². The Hall–Kier alpha value is -4.72. The molecule has 1 fully saturated rings. The van der Waals surface area contributed by atoms with E-state index >= 15 is 0 Å². The van der Waals surface area contributed by atoms with Crippen LogP contribution in [0.1, 0.15) is 34.7 Å². The molecule has 1 amide bonds. The van der Waals surface area contributed by atoms with E-state index in [0.29, 0.717) is 52.6 Å². The van der Waals surface area contributed by atoms with Gasteiger partial charge in [-0.15, -0.1) is 0 Å². The highest BCUT2D eigenvalue weighted by atomic mass is 16.5. The van der Waals surface area contributed by atoms with Crippen LogP contribution in [0, 0.1) is 30.1 Å². The smallest absolute Gasteiger partial charge is 0.251 e. The number of amides is 1. The summed E-state index contributed by atoms with van der Waals surface area (Å²) in [5.41, 5.74) is 3.10. The predicted molar refractivity (Wildman–Crippen MR) is 134 cm³/mol. The highest BCUT2D eigenvalue weighted by Gasteiger charge is 2.31. The quantitative estimate of drug-likeness (QED) is 0.333. The molecule has 1 aliphatic carbocycles. The maximum atomic E-state index is 12.6. The lowest BCUT2D eigenvalue weighted by Crippen LogP contribution is -2.22. The number of benzene rings is 1. The molecule has 0 aliphatic heterocycles. The van der Waals surface area contributed by atoms with Crippen molar-refractivity contribution in [2.45, 2.75) is 32.9 Å². The molecule has 0 radical (unpaired) electrons. The van der Waals surface area contributed by atoms with Crippen LogP contribution in [0.2, 0.25) is 0 Å². The maximum absolute atomic E-state index is 12.6. The number of nitrogens with one attached hydrogen (secondary N) is 2. The summed E-state index contributed by atoms with van der Waals surface area (Å²) < 4.78 is 12.3. The number of rotatable bonds is 10. The van der Waals surface area contributed by atoms with E-state index in [1.807, 2.05) is 12.3 Å². The van der Waals surface area contributed by atoms with Gasteiger partial charge in [0, 0.05) is 29.1 Å². The van der Waals surface area contributed by atoms with E-state index in [9.17, 15) is 10.1 Å². The normalized spacial score (nSPS) is 13.5. The average Bonchev–Trinajstić information content (AvgIpc) is 3.51. The third kappa shape index (κ3) is 5.75. The first-order valence-corrected chi connectivity index (χ1v) is 11.9. The number of hydrogen-bond donors (Lipinski definition) is 2. The molecule has 37 heavy (non-hydrogen) atoms. The molecule has 1 aliphatic rings. The van der Waals surface area contributed by atoms with E-state index in [4.69, 9.17) is 9.26 Å². The van der Waals surface area contributed by atoms with Crippen LogP contribution >= 0.6 is 0 Å². The first-order valence-electron chi connectivity index (χ1n) is 11.9. The van der Waals surface area contributed by atoms with E-state index in [0.717, 1.165) is 18.4 Å². The molecule has 3 heterocycles. The zero-order valence-electron chi connectivity index (χ0n) is 20.5. The molecule has 188 valence electrons. The molecule has 11 nitrogen and oxygen atoms in total. The van der Waals surface area contributed by atoms with Gasteiger partial charge in [0.2, 0.25) is 5.95 Å². The van der Waals surface area contributed by atoms with E-state index in [1.54, 1.807) is 55.4 Å². The van der Waals surface area contributed by atoms with E-state index < -0.39 is 0 Å². The minimum Gasteiger partial charge on any atom is -0.493 e. The lowest BCUT2D eigenvalue weighted by Gasteiger charge is -2.11. The molecule has 1 saturated carbocycles. The Bertz CT molecular complexity index is 1450. The molecular weight excluding hydrogens is 472 g/mol. The van der Waals surface area contributed by atoms with Gasteiger partial charge in [-0.3, -0.25) is 9.48 Å². The summed E-state index contributed by atoms with van der Waals surface area (Å²) in [6.45, 7) is 2.61. The van der Waals surface area contributed by atoms with Crippen molar-refractivity contribution in [3.63, 3.8) is 0 Å². The second-order valence-electron chi connectivity index (χ2n) is 8.95. The summed E-state index contributed by atoms with van der Waals surface area (Å²) in [7, 11) is 1.56. The fraction of sp³-hybridized carbons (Fsp3) is 0.308. The number of anilines is 2. The van der Waals surface area contributed by atoms with Gasteiger partial charge in [-0.2, -0.15) is 10.4 Å².